The number of hydrogen-bond acceptors (Lipinski definition) is 4. The standard InChI is InChI=1S/C17H22FN3O2/c1-20-10-7-15(19-20)11-21-9-2-8-17(22,12-21)13-23-16-5-3-14(18)4-6-16/h3-7,10,22H,2,8-9,11-13H2,1H3. The topological polar surface area (TPSA) is 50.5 Å². The zero-order chi connectivity index (χ0) is 16.3. The van der Waals surface area contributed by atoms with Crippen molar-refractivity contribution in [2.24, 2.45) is 7.05 Å². The second-order valence-corrected chi connectivity index (χ2v) is 6.26. The normalized spacial score (nSPS) is 22.2. The maximum atomic E-state index is 12.9. The van der Waals surface area contributed by atoms with Gasteiger partial charge in [0.1, 0.15) is 23.8 Å². The molecular formula is C17H22FN3O2. The molecule has 2 aromatic rings. The van der Waals surface area contributed by atoms with E-state index in [-0.39, 0.29) is 12.4 Å². The van der Waals surface area contributed by atoms with Gasteiger partial charge >= 0.3 is 0 Å². The van der Waals surface area contributed by atoms with Crippen LogP contribution in [-0.4, -0.2) is 45.1 Å². The van der Waals surface area contributed by atoms with Crippen LogP contribution >= 0.6 is 0 Å². The molecule has 1 aromatic carbocycles. The Balaban J connectivity index is 1.56. The second-order valence-electron chi connectivity index (χ2n) is 6.26. The molecule has 1 unspecified atom stereocenters. The van der Waals surface area contributed by atoms with Crippen molar-refractivity contribution in [1.29, 1.82) is 0 Å². The Labute approximate surface area is 135 Å². The molecule has 2 heterocycles. The van der Waals surface area contributed by atoms with Crippen molar-refractivity contribution in [3.63, 3.8) is 0 Å². The van der Waals surface area contributed by atoms with Gasteiger partial charge in [0.15, 0.2) is 0 Å². The van der Waals surface area contributed by atoms with Gasteiger partial charge in [0.25, 0.3) is 0 Å². The van der Waals surface area contributed by atoms with E-state index in [1.807, 2.05) is 19.3 Å². The van der Waals surface area contributed by atoms with Crippen molar-refractivity contribution in [1.82, 2.24) is 14.7 Å². The predicted molar refractivity (Wildman–Crippen MR) is 84.6 cm³/mol. The molecule has 0 aliphatic carbocycles. The Morgan fingerprint density at radius 3 is 2.78 bits per heavy atom. The molecule has 0 radical (unpaired) electrons. The summed E-state index contributed by atoms with van der Waals surface area (Å²) in [5.41, 5.74) is 0.109. The molecule has 0 spiro atoms. The highest BCUT2D eigenvalue weighted by molar-refractivity contribution is 5.22. The number of benzene rings is 1. The summed E-state index contributed by atoms with van der Waals surface area (Å²) in [6, 6.07) is 7.85. The van der Waals surface area contributed by atoms with Gasteiger partial charge in [-0.25, -0.2) is 4.39 Å². The van der Waals surface area contributed by atoms with Crippen LogP contribution in [0, 0.1) is 5.82 Å². The Hall–Kier alpha value is -1.92. The Morgan fingerprint density at radius 2 is 2.09 bits per heavy atom. The summed E-state index contributed by atoms with van der Waals surface area (Å²) in [7, 11) is 1.90. The molecule has 0 bridgehead atoms. The van der Waals surface area contributed by atoms with Crippen LogP contribution in [0.1, 0.15) is 18.5 Å². The quantitative estimate of drug-likeness (QED) is 0.915. The number of aromatic nitrogens is 2. The van der Waals surface area contributed by atoms with Crippen LogP contribution in [0.25, 0.3) is 0 Å². The van der Waals surface area contributed by atoms with E-state index in [1.165, 1.54) is 12.1 Å². The lowest BCUT2D eigenvalue weighted by atomic mass is 9.93. The van der Waals surface area contributed by atoms with E-state index in [2.05, 4.69) is 10.00 Å². The monoisotopic (exact) mass is 319 g/mol. The van der Waals surface area contributed by atoms with Gasteiger partial charge in [-0.3, -0.25) is 9.58 Å². The van der Waals surface area contributed by atoms with Crippen molar-refractivity contribution >= 4 is 0 Å². The largest absolute Gasteiger partial charge is 0.491 e. The SMILES string of the molecule is Cn1ccc(CN2CCCC(O)(COc3ccc(F)cc3)C2)n1. The lowest BCUT2D eigenvalue weighted by Gasteiger charge is -2.38. The third-order valence-corrected chi connectivity index (χ3v) is 4.11. The first-order valence-corrected chi connectivity index (χ1v) is 7.84. The van der Waals surface area contributed by atoms with Gasteiger partial charge in [0, 0.05) is 26.3 Å². The molecule has 1 aliphatic heterocycles. The van der Waals surface area contributed by atoms with Gasteiger partial charge in [0.2, 0.25) is 0 Å². The van der Waals surface area contributed by atoms with Gasteiger partial charge < -0.3 is 9.84 Å². The lowest BCUT2D eigenvalue weighted by molar-refractivity contribution is -0.0623. The minimum atomic E-state index is -0.887. The van der Waals surface area contributed by atoms with Gasteiger partial charge in [-0.05, 0) is 49.7 Å². The molecule has 5 nitrogen and oxygen atoms in total. The number of aryl methyl sites for hydroxylation is 1. The highest BCUT2D eigenvalue weighted by atomic mass is 19.1. The van der Waals surface area contributed by atoms with Crippen LogP contribution in [0.4, 0.5) is 4.39 Å². The summed E-state index contributed by atoms with van der Waals surface area (Å²) < 4.78 is 20.3. The first-order valence-electron chi connectivity index (χ1n) is 7.84. The highest BCUT2D eigenvalue weighted by Crippen LogP contribution is 2.24. The smallest absolute Gasteiger partial charge is 0.123 e. The summed E-state index contributed by atoms with van der Waals surface area (Å²) in [4.78, 5) is 2.19. The number of likely N-dealkylation sites (tertiary alicyclic amines) is 1. The number of hydrogen-bond donors (Lipinski definition) is 1. The van der Waals surface area contributed by atoms with Crippen molar-refractivity contribution in [2.45, 2.75) is 25.0 Å². The molecule has 1 atom stereocenters. The Bertz CT molecular complexity index is 644. The molecule has 0 amide bonds. The Kier molecular flexibility index (Phi) is 4.63. The van der Waals surface area contributed by atoms with Crippen molar-refractivity contribution in [3.05, 3.63) is 48.0 Å². The maximum absolute atomic E-state index is 12.9. The molecular weight excluding hydrogens is 297 g/mol. The number of nitrogens with zero attached hydrogens (tertiary/aromatic N) is 3. The summed E-state index contributed by atoms with van der Waals surface area (Å²) in [5, 5.41) is 15.2. The Morgan fingerprint density at radius 1 is 1.30 bits per heavy atom. The first-order chi connectivity index (χ1) is 11.0. The molecule has 0 saturated carbocycles. The third-order valence-electron chi connectivity index (χ3n) is 4.11. The van der Waals surface area contributed by atoms with E-state index in [0.717, 1.165) is 25.2 Å². The predicted octanol–water partition coefficient (Wildman–Crippen LogP) is 1.97. The van der Waals surface area contributed by atoms with E-state index in [1.54, 1.807) is 16.8 Å². The number of rotatable bonds is 5. The van der Waals surface area contributed by atoms with Crippen LogP contribution in [0.2, 0.25) is 0 Å². The third kappa shape index (κ3) is 4.30. The van der Waals surface area contributed by atoms with Crippen molar-refractivity contribution < 1.29 is 14.2 Å². The van der Waals surface area contributed by atoms with Crippen molar-refractivity contribution in [3.8, 4) is 5.75 Å². The number of aliphatic hydroxyl groups is 1. The average molecular weight is 319 g/mol. The minimum Gasteiger partial charge on any atom is -0.491 e. The molecule has 1 aliphatic rings. The number of ether oxygens (including phenoxy) is 1. The van der Waals surface area contributed by atoms with Gasteiger partial charge in [-0.1, -0.05) is 0 Å². The highest BCUT2D eigenvalue weighted by Gasteiger charge is 2.34. The van der Waals surface area contributed by atoms with E-state index in [0.29, 0.717) is 18.7 Å². The molecule has 3 rings (SSSR count). The summed E-state index contributed by atoms with van der Waals surface area (Å²) in [6.07, 6.45) is 3.53. The van der Waals surface area contributed by atoms with Crippen LogP contribution in [0.3, 0.4) is 0 Å². The number of piperidine rings is 1. The average Bonchev–Trinajstić information content (AvgIpc) is 2.92. The molecule has 1 N–H and O–H groups in total. The van der Waals surface area contributed by atoms with Gasteiger partial charge in [-0.2, -0.15) is 5.10 Å². The lowest BCUT2D eigenvalue weighted by Crippen LogP contribution is -2.51. The van der Waals surface area contributed by atoms with E-state index < -0.39 is 5.60 Å². The number of β-amino-alcohol motifs (C(OH)–C–C–N with tert-alkyl or cyclic N) is 1. The van der Waals surface area contributed by atoms with Crippen LogP contribution in [0.5, 0.6) is 5.75 Å². The van der Waals surface area contributed by atoms with E-state index in [9.17, 15) is 9.50 Å². The fourth-order valence-electron chi connectivity index (χ4n) is 2.98. The van der Waals surface area contributed by atoms with E-state index in [4.69, 9.17) is 4.74 Å². The van der Waals surface area contributed by atoms with Crippen LogP contribution in [0.15, 0.2) is 36.5 Å². The summed E-state index contributed by atoms with van der Waals surface area (Å²) in [5.74, 6) is 0.275. The minimum absolute atomic E-state index is 0.206. The van der Waals surface area contributed by atoms with Crippen LogP contribution in [-0.2, 0) is 13.6 Å². The molecule has 1 saturated heterocycles. The van der Waals surface area contributed by atoms with Gasteiger partial charge in [0.05, 0.1) is 5.69 Å². The summed E-state index contributed by atoms with van der Waals surface area (Å²) >= 11 is 0. The zero-order valence-corrected chi connectivity index (χ0v) is 13.3. The molecule has 1 aromatic heterocycles. The number of halogens is 1. The maximum Gasteiger partial charge on any atom is 0.123 e. The zero-order valence-electron chi connectivity index (χ0n) is 13.3. The first kappa shape index (κ1) is 16.0. The molecule has 23 heavy (non-hydrogen) atoms. The van der Waals surface area contributed by atoms with Crippen molar-refractivity contribution in [2.75, 3.05) is 19.7 Å². The molecule has 124 valence electrons. The summed E-state index contributed by atoms with van der Waals surface area (Å²) in [6.45, 7) is 2.41. The molecule has 6 heteroatoms. The fourth-order valence-corrected chi connectivity index (χ4v) is 2.98. The van der Waals surface area contributed by atoms with E-state index >= 15 is 0 Å². The molecule has 1 fully saturated rings. The second kappa shape index (κ2) is 6.68. The van der Waals surface area contributed by atoms with Gasteiger partial charge in [-0.15, -0.1) is 0 Å². The van der Waals surface area contributed by atoms with Crippen LogP contribution < -0.4 is 4.74 Å². The fraction of sp³-hybridized carbons (Fsp3) is 0.471.